The lowest BCUT2D eigenvalue weighted by atomic mass is 10.1. The standard InChI is InChI=1S/C14H16N2O2S/c1-2-18-14(17)12(15)8-11-4-3-5-13(16-11)10-6-7-19-9-10/h3-7,9,12H,2,8,15H2,1H3. The van der Waals surface area contributed by atoms with Gasteiger partial charge in [-0.3, -0.25) is 9.78 Å². The molecule has 1 unspecified atom stereocenters. The molecule has 2 N–H and O–H groups in total. The molecule has 0 spiro atoms. The van der Waals surface area contributed by atoms with Crippen LogP contribution in [0.15, 0.2) is 35.0 Å². The lowest BCUT2D eigenvalue weighted by Gasteiger charge is -2.10. The van der Waals surface area contributed by atoms with Gasteiger partial charge < -0.3 is 10.5 Å². The zero-order valence-electron chi connectivity index (χ0n) is 10.7. The van der Waals surface area contributed by atoms with Gasteiger partial charge in [0.15, 0.2) is 0 Å². The fourth-order valence-electron chi connectivity index (χ4n) is 1.72. The number of ether oxygens (including phenoxy) is 1. The molecule has 0 saturated carbocycles. The Morgan fingerprint density at radius 3 is 3.00 bits per heavy atom. The molecule has 19 heavy (non-hydrogen) atoms. The van der Waals surface area contributed by atoms with Crippen LogP contribution in [-0.2, 0) is 16.0 Å². The third-order valence-electron chi connectivity index (χ3n) is 2.64. The molecule has 100 valence electrons. The van der Waals surface area contributed by atoms with Crippen LogP contribution < -0.4 is 5.73 Å². The molecule has 0 bridgehead atoms. The zero-order chi connectivity index (χ0) is 13.7. The van der Waals surface area contributed by atoms with Crippen molar-refractivity contribution >= 4 is 17.3 Å². The van der Waals surface area contributed by atoms with Gasteiger partial charge in [-0.25, -0.2) is 0 Å². The number of nitrogens with two attached hydrogens (primary N) is 1. The van der Waals surface area contributed by atoms with E-state index < -0.39 is 6.04 Å². The van der Waals surface area contributed by atoms with Crippen molar-refractivity contribution in [2.24, 2.45) is 5.73 Å². The molecule has 0 aliphatic heterocycles. The summed E-state index contributed by atoms with van der Waals surface area (Å²) in [6.45, 7) is 2.11. The topological polar surface area (TPSA) is 65.2 Å². The number of pyridine rings is 1. The molecule has 0 saturated heterocycles. The molecule has 5 heteroatoms. The minimum atomic E-state index is -0.662. The van der Waals surface area contributed by atoms with Gasteiger partial charge in [-0.1, -0.05) is 6.07 Å². The molecule has 0 radical (unpaired) electrons. The number of esters is 1. The average Bonchev–Trinajstić information content (AvgIpc) is 2.93. The van der Waals surface area contributed by atoms with Crippen LogP contribution >= 0.6 is 11.3 Å². The van der Waals surface area contributed by atoms with Crippen LogP contribution in [0.4, 0.5) is 0 Å². The van der Waals surface area contributed by atoms with Gasteiger partial charge in [-0.15, -0.1) is 0 Å². The van der Waals surface area contributed by atoms with Crippen molar-refractivity contribution in [3.63, 3.8) is 0 Å². The van der Waals surface area contributed by atoms with E-state index in [2.05, 4.69) is 4.98 Å². The van der Waals surface area contributed by atoms with Gasteiger partial charge in [0, 0.05) is 23.1 Å². The van der Waals surface area contributed by atoms with Crippen molar-refractivity contribution in [3.8, 4) is 11.3 Å². The predicted molar refractivity (Wildman–Crippen MR) is 75.9 cm³/mol. The third-order valence-corrected chi connectivity index (χ3v) is 3.33. The third kappa shape index (κ3) is 3.62. The normalized spacial score (nSPS) is 12.1. The van der Waals surface area contributed by atoms with E-state index in [-0.39, 0.29) is 5.97 Å². The maximum Gasteiger partial charge on any atom is 0.323 e. The SMILES string of the molecule is CCOC(=O)C(N)Cc1cccc(-c2ccsc2)n1. The van der Waals surface area contributed by atoms with Crippen LogP contribution in [0.3, 0.4) is 0 Å². The first-order valence-electron chi connectivity index (χ1n) is 6.11. The number of carbonyl (C=O) groups is 1. The highest BCUT2D eigenvalue weighted by molar-refractivity contribution is 7.08. The van der Waals surface area contributed by atoms with Gasteiger partial charge in [0.05, 0.1) is 12.3 Å². The summed E-state index contributed by atoms with van der Waals surface area (Å²) in [5.41, 5.74) is 8.57. The molecule has 2 aromatic rings. The number of rotatable bonds is 5. The van der Waals surface area contributed by atoms with E-state index in [0.717, 1.165) is 17.0 Å². The molecule has 0 amide bonds. The predicted octanol–water partition coefficient (Wildman–Crippen LogP) is 2.24. The Morgan fingerprint density at radius 2 is 2.32 bits per heavy atom. The van der Waals surface area contributed by atoms with Gasteiger partial charge >= 0.3 is 5.97 Å². The summed E-state index contributed by atoms with van der Waals surface area (Å²) in [7, 11) is 0. The molecular weight excluding hydrogens is 260 g/mol. The first kappa shape index (κ1) is 13.7. The van der Waals surface area contributed by atoms with Crippen LogP contribution in [0.25, 0.3) is 11.3 Å². The molecule has 0 aromatic carbocycles. The lowest BCUT2D eigenvalue weighted by Crippen LogP contribution is -2.34. The van der Waals surface area contributed by atoms with Gasteiger partial charge in [0.1, 0.15) is 6.04 Å². The Morgan fingerprint density at radius 1 is 1.47 bits per heavy atom. The molecule has 2 heterocycles. The van der Waals surface area contributed by atoms with Gasteiger partial charge in [0.2, 0.25) is 0 Å². The molecular formula is C14H16N2O2S. The largest absolute Gasteiger partial charge is 0.465 e. The molecule has 0 aliphatic rings. The number of hydrogen-bond donors (Lipinski definition) is 1. The average molecular weight is 276 g/mol. The second kappa shape index (κ2) is 6.45. The fourth-order valence-corrected chi connectivity index (χ4v) is 2.37. The quantitative estimate of drug-likeness (QED) is 0.851. The first-order chi connectivity index (χ1) is 9.20. The lowest BCUT2D eigenvalue weighted by molar-refractivity contribution is -0.144. The van der Waals surface area contributed by atoms with Crippen molar-refractivity contribution in [3.05, 3.63) is 40.7 Å². The Hall–Kier alpha value is -1.72. The van der Waals surface area contributed by atoms with Gasteiger partial charge in [-0.05, 0) is 30.5 Å². The summed E-state index contributed by atoms with van der Waals surface area (Å²) in [6, 6.07) is 7.09. The number of thiophene rings is 1. The van der Waals surface area contributed by atoms with Gasteiger partial charge in [-0.2, -0.15) is 11.3 Å². The second-order valence-electron chi connectivity index (χ2n) is 4.09. The van der Waals surface area contributed by atoms with Crippen molar-refractivity contribution in [1.29, 1.82) is 0 Å². The Bertz CT molecular complexity index is 540. The maximum atomic E-state index is 11.5. The van der Waals surface area contributed by atoms with E-state index in [1.165, 1.54) is 0 Å². The molecule has 1 atom stereocenters. The van der Waals surface area contributed by atoms with Crippen molar-refractivity contribution in [2.75, 3.05) is 6.61 Å². The van der Waals surface area contributed by atoms with Crippen molar-refractivity contribution in [2.45, 2.75) is 19.4 Å². The minimum Gasteiger partial charge on any atom is -0.465 e. The maximum absolute atomic E-state index is 11.5. The van der Waals surface area contributed by atoms with E-state index in [1.54, 1.807) is 18.3 Å². The van der Waals surface area contributed by atoms with E-state index in [9.17, 15) is 4.79 Å². The monoisotopic (exact) mass is 276 g/mol. The molecule has 0 fully saturated rings. The Kier molecular flexibility index (Phi) is 4.65. The molecule has 2 aromatic heterocycles. The van der Waals surface area contributed by atoms with E-state index >= 15 is 0 Å². The van der Waals surface area contributed by atoms with Crippen LogP contribution in [0.5, 0.6) is 0 Å². The summed E-state index contributed by atoms with van der Waals surface area (Å²) in [5, 5.41) is 4.05. The van der Waals surface area contributed by atoms with E-state index in [4.69, 9.17) is 10.5 Å². The number of carbonyl (C=O) groups excluding carboxylic acids is 1. The van der Waals surface area contributed by atoms with Crippen LogP contribution in [-0.4, -0.2) is 23.6 Å². The van der Waals surface area contributed by atoms with Crippen LogP contribution in [0, 0.1) is 0 Å². The number of hydrogen-bond acceptors (Lipinski definition) is 5. The summed E-state index contributed by atoms with van der Waals surface area (Å²) >= 11 is 1.63. The van der Waals surface area contributed by atoms with Crippen molar-refractivity contribution in [1.82, 2.24) is 4.98 Å². The highest BCUT2D eigenvalue weighted by Crippen LogP contribution is 2.20. The summed E-state index contributed by atoms with van der Waals surface area (Å²) < 4.78 is 4.89. The van der Waals surface area contributed by atoms with Crippen LogP contribution in [0.2, 0.25) is 0 Å². The fraction of sp³-hybridized carbons (Fsp3) is 0.286. The smallest absolute Gasteiger partial charge is 0.323 e. The minimum absolute atomic E-state index is 0.342. The summed E-state index contributed by atoms with van der Waals surface area (Å²) in [6.07, 6.45) is 0.386. The highest BCUT2D eigenvalue weighted by Gasteiger charge is 2.16. The zero-order valence-corrected chi connectivity index (χ0v) is 11.5. The van der Waals surface area contributed by atoms with E-state index in [1.807, 2.05) is 35.0 Å². The molecule has 4 nitrogen and oxygen atoms in total. The second-order valence-corrected chi connectivity index (χ2v) is 4.87. The number of nitrogens with zero attached hydrogens (tertiary/aromatic N) is 1. The summed E-state index contributed by atoms with van der Waals surface area (Å²) in [5.74, 6) is -0.384. The Balaban J connectivity index is 2.09. The van der Waals surface area contributed by atoms with E-state index in [0.29, 0.717) is 13.0 Å². The first-order valence-corrected chi connectivity index (χ1v) is 7.05. The summed E-state index contributed by atoms with van der Waals surface area (Å²) in [4.78, 5) is 16.0. The van der Waals surface area contributed by atoms with Crippen LogP contribution in [0.1, 0.15) is 12.6 Å². The van der Waals surface area contributed by atoms with Gasteiger partial charge in [0.25, 0.3) is 0 Å². The van der Waals surface area contributed by atoms with Crippen molar-refractivity contribution < 1.29 is 9.53 Å². The Labute approximate surface area is 116 Å². The number of aromatic nitrogens is 1. The highest BCUT2D eigenvalue weighted by atomic mass is 32.1. The molecule has 2 rings (SSSR count). The molecule has 0 aliphatic carbocycles.